The second-order valence-electron chi connectivity index (χ2n) is 5.13. The Kier molecular flexibility index (Phi) is 4.94. The molecule has 0 amide bonds. The predicted molar refractivity (Wildman–Crippen MR) is 74.0 cm³/mol. The van der Waals surface area contributed by atoms with Gasteiger partial charge in [0.2, 0.25) is 0 Å². The number of halogens is 4. The number of piperazine rings is 1. The lowest BCUT2D eigenvalue weighted by molar-refractivity contribution is -0.148. The first-order chi connectivity index (χ1) is 9.37. The second-order valence-corrected chi connectivity index (χ2v) is 5.54. The minimum Gasteiger partial charge on any atom is -0.314 e. The Morgan fingerprint density at radius 1 is 1.30 bits per heavy atom. The molecule has 1 fully saturated rings. The fraction of sp³-hybridized carbons (Fsp3) is 0.571. The number of rotatable bonds is 3. The first kappa shape index (κ1) is 15.6. The fourth-order valence-electron chi connectivity index (χ4n) is 2.55. The van der Waals surface area contributed by atoms with Gasteiger partial charge in [0.25, 0.3) is 0 Å². The normalized spacial score (nSPS) is 19.1. The zero-order valence-electron chi connectivity index (χ0n) is 11.3. The molecule has 1 aromatic carbocycles. The minimum absolute atomic E-state index is 0.583. The van der Waals surface area contributed by atoms with Crippen LogP contribution in [0.5, 0.6) is 0 Å². The Hall–Kier alpha value is -0.780. The molecule has 0 unspecified atom stereocenters. The van der Waals surface area contributed by atoms with Gasteiger partial charge in [-0.1, -0.05) is 23.7 Å². The van der Waals surface area contributed by atoms with E-state index in [1.807, 2.05) is 11.8 Å². The quantitative estimate of drug-likeness (QED) is 0.919. The van der Waals surface area contributed by atoms with Crippen molar-refractivity contribution >= 4 is 11.6 Å². The Morgan fingerprint density at radius 3 is 2.50 bits per heavy atom. The third kappa shape index (κ3) is 4.11. The SMILES string of the molecule is Cc1cc([C@H](CC(F)(F)F)N2CCNCC2)ccc1Cl. The molecule has 1 aliphatic rings. The van der Waals surface area contributed by atoms with Crippen LogP contribution in [-0.2, 0) is 0 Å². The van der Waals surface area contributed by atoms with E-state index in [1.165, 1.54) is 0 Å². The first-order valence-electron chi connectivity index (χ1n) is 6.64. The molecule has 1 heterocycles. The van der Waals surface area contributed by atoms with E-state index < -0.39 is 18.6 Å². The summed E-state index contributed by atoms with van der Waals surface area (Å²) in [5.41, 5.74) is 1.50. The zero-order valence-corrected chi connectivity index (χ0v) is 12.1. The summed E-state index contributed by atoms with van der Waals surface area (Å²) < 4.78 is 38.6. The third-order valence-electron chi connectivity index (χ3n) is 3.58. The molecule has 0 saturated carbocycles. The van der Waals surface area contributed by atoms with Crippen LogP contribution in [0.2, 0.25) is 5.02 Å². The van der Waals surface area contributed by atoms with Gasteiger partial charge in [0.15, 0.2) is 0 Å². The predicted octanol–water partition coefficient (Wildman–Crippen LogP) is 3.55. The van der Waals surface area contributed by atoms with Gasteiger partial charge in [-0.15, -0.1) is 0 Å². The lowest BCUT2D eigenvalue weighted by Gasteiger charge is -2.35. The Balaban J connectivity index is 2.26. The van der Waals surface area contributed by atoms with Gasteiger partial charge < -0.3 is 5.32 Å². The number of alkyl halides is 3. The maximum absolute atomic E-state index is 12.9. The van der Waals surface area contributed by atoms with Crippen LogP contribution in [0.4, 0.5) is 13.2 Å². The van der Waals surface area contributed by atoms with Gasteiger partial charge in [0.1, 0.15) is 0 Å². The van der Waals surface area contributed by atoms with Crippen LogP contribution in [-0.4, -0.2) is 37.3 Å². The van der Waals surface area contributed by atoms with E-state index in [-0.39, 0.29) is 0 Å². The molecule has 1 aliphatic heterocycles. The number of aryl methyl sites for hydroxylation is 1. The summed E-state index contributed by atoms with van der Waals surface area (Å²) in [7, 11) is 0. The van der Waals surface area contributed by atoms with Crippen molar-refractivity contribution in [2.45, 2.75) is 25.6 Å². The van der Waals surface area contributed by atoms with Gasteiger partial charge in [-0.3, -0.25) is 4.90 Å². The number of benzene rings is 1. The van der Waals surface area contributed by atoms with Gasteiger partial charge in [-0.2, -0.15) is 13.2 Å². The summed E-state index contributed by atoms with van der Waals surface area (Å²) in [6.45, 7) is 4.51. The van der Waals surface area contributed by atoms with Crippen molar-refractivity contribution < 1.29 is 13.2 Å². The first-order valence-corrected chi connectivity index (χ1v) is 7.02. The van der Waals surface area contributed by atoms with E-state index in [2.05, 4.69) is 5.32 Å². The summed E-state index contributed by atoms with van der Waals surface area (Å²) in [6, 6.07) is 4.51. The summed E-state index contributed by atoms with van der Waals surface area (Å²) >= 11 is 5.96. The summed E-state index contributed by atoms with van der Waals surface area (Å²) in [5, 5.41) is 3.74. The lowest BCUT2D eigenvalue weighted by Crippen LogP contribution is -2.46. The van der Waals surface area contributed by atoms with Crippen LogP contribution in [0.1, 0.15) is 23.6 Å². The second kappa shape index (κ2) is 6.33. The van der Waals surface area contributed by atoms with Crippen molar-refractivity contribution in [1.29, 1.82) is 0 Å². The molecule has 6 heteroatoms. The highest BCUT2D eigenvalue weighted by molar-refractivity contribution is 6.31. The Bertz CT molecular complexity index is 456. The number of hydrogen-bond donors (Lipinski definition) is 1. The van der Waals surface area contributed by atoms with Crippen molar-refractivity contribution in [1.82, 2.24) is 10.2 Å². The standard InChI is InChI=1S/C14H18ClF3N2/c1-10-8-11(2-3-12(10)15)13(9-14(16,17)18)20-6-4-19-5-7-20/h2-3,8,13,19H,4-7,9H2,1H3/t13-/m0/s1. The summed E-state index contributed by atoms with van der Waals surface area (Å²) in [5.74, 6) is 0. The van der Waals surface area contributed by atoms with Gasteiger partial charge in [0, 0.05) is 37.2 Å². The highest BCUT2D eigenvalue weighted by Crippen LogP contribution is 2.35. The van der Waals surface area contributed by atoms with Crippen molar-refractivity contribution in [2.75, 3.05) is 26.2 Å². The van der Waals surface area contributed by atoms with Crippen molar-refractivity contribution in [2.24, 2.45) is 0 Å². The molecule has 2 nitrogen and oxygen atoms in total. The van der Waals surface area contributed by atoms with Crippen LogP contribution >= 0.6 is 11.6 Å². The molecular formula is C14H18ClF3N2. The van der Waals surface area contributed by atoms with E-state index in [1.54, 1.807) is 18.2 Å². The zero-order chi connectivity index (χ0) is 14.8. The maximum atomic E-state index is 12.9. The Morgan fingerprint density at radius 2 is 1.95 bits per heavy atom. The van der Waals surface area contributed by atoms with E-state index in [0.717, 1.165) is 18.7 Å². The van der Waals surface area contributed by atoms with E-state index in [4.69, 9.17) is 11.6 Å². The van der Waals surface area contributed by atoms with Gasteiger partial charge in [0.05, 0.1) is 6.42 Å². The molecule has 1 saturated heterocycles. The van der Waals surface area contributed by atoms with Crippen LogP contribution in [0.3, 0.4) is 0 Å². The van der Waals surface area contributed by atoms with Gasteiger partial charge in [-0.05, 0) is 24.1 Å². The molecule has 1 aromatic rings. The molecule has 1 atom stereocenters. The van der Waals surface area contributed by atoms with Crippen LogP contribution < -0.4 is 5.32 Å². The molecule has 112 valence electrons. The molecule has 20 heavy (non-hydrogen) atoms. The highest BCUT2D eigenvalue weighted by atomic mass is 35.5. The molecule has 1 N–H and O–H groups in total. The largest absolute Gasteiger partial charge is 0.390 e. The van der Waals surface area contributed by atoms with E-state index in [0.29, 0.717) is 23.7 Å². The van der Waals surface area contributed by atoms with Gasteiger partial charge in [-0.25, -0.2) is 0 Å². The van der Waals surface area contributed by atoms with Crippen molar-refractivity contribution in [3.05, 3.63) is 34.3 Å². The minimum atomic E-state index is -4.18. The maximum Gasteiger partial charge on any atom is 0.390 e. The number of nitrogens with one attached hydrogen (secondary N) is 1. The molecule has 0 aliphatic carbocycles. The number of hydrogen-bond acceptors (Lipinski definition) is 2. The molecule has 0 radical (unpaired) electrons. The van der Waals surface area contributed by atoms with Crippen LogP contribution in [0.15, 0.2) is 18.2 Å². The van der Waals surface area contributed by atoms with Crippen molar-refractivity contribution in [3.63, 3.8) is 0 Å². The van der Waals surface area contributed by atoms with Crippen LogP contribution in [0, 0.1) is 6.92 Å². The molecule has 0 bridgehead atoms. The third-order valence-corrected chi connectivity index (χ3v) is 4.01. The van der Waals surface area contributed by atoms with Gasteiger partial charge >= 0.3 is 6.18 Å². The van der Waals surface area contributed by atoms with E-state index >= 15 is 0 Å². The smallest absolute Gasteiger partial charge is 0.314 e. The molecular weight excluding hydrogens is 289 g/mol. The van der Waals surface area contributed by atoms with E-state index in [9.17, 15) is 13.2 Å². The summed E-state index contributed by atoms with van der Waals surface area (Å²) in [4.78, 5) is 1.90. The molecule has 0 aromatic heterocycles. The highest BCUT2D eigenvalue weighted by Gasteiger charge is 2.36. The average molecular weight is 307 g/mol. The fourth-order valence-corrected chi connectivity index (χ4v) is 2.66. The average Bonchev–Trinajstić information content (AvgIpc) is 2.39. The monoisotopic (exact) mass is 306 g/mol. The molecule has 0 spiro atoms. The number of nitrogens with zero attached hydrogens (tertiary/aromatic N) is 1. The molecule has 2 rings (SSSR count). The summed E-state index contributed by atoms with van der Waals surface area (Å²) in [6.07, 6.45) is -5.00. The van der Waals surface area contributed by atoms with Crippen molar-refractivity contribution in [3.8, 4) is 0 Å². The van der Waals surface area contributed by atoms with Crippen LogP contribution in [0.25, 0.3) is 0 Å². The topological polar surface area (TPSA) is 15.3 Å². The lowest BCUT2D eigenvalue weighted by atomic mass is 9.99. The Labute approximate surface area is 121 Å².